The van der Waals surface area contributed by atoms with Crippen LogP contribution in [0.3, 0.4) is 0 Å². The number of aromatic hydroxyl groups is 1. The van der Waals surface area contributed by atoms with E-state index in [-0.39, 0.29) is 11.4 Å². The van der Waals surface area contributed by atoms with Gasteiger partial charge in [-0.3, -0.25) is 0 Å². The number of aliphatic hydroxyl groups excluding tert-OH is 2. The lowest BCUT2D eigenvalue weighted by molar-refractivity contribution is 0.0922. The zero-order valence-corrected chi connectivity index (χ0v) is 9.29. The van der Waals surface area contributed by atoms with Crippen LogP contribution in [0.4, 0.5) is 0 Å². The van der Waals surface area contributed by atoms with Gasteiger partial charge >= 0.3 is 0 Å². The summed E-state index contributed by atoms with van der Waals surface area (Å²) in [5.74, 6) is 0.464. The Kier molecular flexibility index (Phi) is 3.12. The second-order valence-electron chi connectivity index (χ2n) is 3.73. The minimum absolute atomic E-state index is 0.157. The first-order chi connectivity index (χ1) is 8.13. The molecule has 0 amide bonds. The molecule has 5 nitrogen and oxygen atoms in total. The molecule has 1 aromatic carbocycles. The van der Waals surface area contributed by atoms with Crippen molar-refractivity contribution in [2.75, 3.05) is 6.61 Å². The fourth-order valence-corrected chi connectivity index (χ4v) is 1.51. The quantitative estimate of drug-likeness (QED) is 0.748. The van der Waals surface area contributed by atoms with E-state index in [2.05, 4.69) is 4.98 Å². The zero-order chi connectivity index (χ0) is 12.4. The Morgan fingerprint density at radius 1 is 1.41 bits per heavy atom. The van der Waals surface area contributed by atoms with Crippen molar-refractivity contribution in [2.24, 2.45) is 0 Å². The molecule has 90 valence electrons. The van der Waals surface area contributed by atoms with Crippen LogP contribution in [0.1, 0.15) is 17.4 Å². The molecule has 0 bridgehead atoms. The highest BCUT2D eigenvalue weighted by Crippen LogP contribution is 2.29. The van der Waals surface area contributed by atoms with Crippen LogP contribution in [0, 0.1) is 6.92 Å². The number of phenolic OH excluding ortho intramolecular Hbond substituents is 1. The molecule has 0 aliphatic carbocycles. The van der Waals surface area contributed by atoms with Gasteiger partial charge in [-0.2, -0.15) is 0 Å². The third kappa shape index (κ3) is 2.15. The molecule has 0 spiro atoms. The number of aliphatic hydroxyl groups is 2. The fraction of sp³-hybridized carbons (Fsp3) is 0.250. The summed E-state index contributed by atoms with van der Waals surface area (Å²) >= 11 is 0. The van der Waals surface area contributed by atoms with Gasteiger partial charge in [-0.25, -0.2) is 4.98 Å². The second kappa shape index (κ2) is 4.57. The third-order valence-electron chi connectivity index (χ3n) is 2.57. The molecule has 2 aromatic rings. The van der Waals surface area contributed by atoms with Gasteiger partial charge in [0.05, 0.1) is 6.61 Å². The monoisotopic (exact) mass is 235 g/mol. The first-order valence-corrected chi connectivity index (χ1v) is 5.16. The molecule has 1 heterocycles. The van der Waals surface area contributed by atoms with Crippen LogP contribution in [0.5, 0.6) is 5.75 Å². The SMILES string of the molecule is Cc1c(O)cccc1-c1nc([C@@H](O)CO)co1. The number of rotatable bonds is 3. The molecule has 1 atom stereocenters. The molecule has 0 saturated heterocycles. The maximum absolute atomic E-state index is 9.56. The lowest BCUT2D eigenvalue weighted by Crippen LogP contribution is -2.02. The molecular formula is C12H13NO4. The number of aromatic nitrogens is 1. The molecule has 3 N–H and O–H groups in total. The number of phenols is 1. The Morgan fingerprint density at radius 3 is 2.88 bits per heavy atom. The topological polar surface area (TPSA) is 86.7 Å². The summed E-state index contributed by atoms with van der Waals surface area (Å²) in [6.45, 7) is 1.34. The number of hydrogen-bond acceptors (Lipinski definition) is 5. The van der Waals surface area contributed by atoms with Crippen molar-refractivity contribution in [1.82, 2.24) is 4.98 Å². The summed E-state index contributed by atoms with van der Waals surface area (Å²) in [7, 11) is 0. The average molecular weight is 235 g/mol. The Balaban J connectivity index is 2.40. The van der Waals surface area contributed by atoms with Crippen LogP contribution in [0.2, 0.25) is 0 Å². The maximum atomic E-state index is 9.56. The van der Waals surface area contributed by atoms with E-state index >= 15 is 0 Å². The van der Waals surface area contributed by atoms with E-state index in [0.29, 0.717) is 17.0 Å². The molecular weight excluding hydrogens is 222 g/mol. The van der Waals surface area contributed by atoms with Crippen molar-refractivity contribution in [2.45, 2.75) is 13.0 Å². The van der Waals surface area contributed by atoms with Crippen molar-refractivity contribution < 1.29 is 19.7 Å². The van der Waals surface area contributed by atoms with Crippen LogP contribution in [0.25, 0.3) is 11.5 Å². The van der Waals surface area contributed by atoms with Crippen molar-refractivity contribution in [3.8, 4) is 17.2 Å². The molecule has 0 saturated carbocycles. The van der Waals surface area contributed by atoms with Gasteiger partial charge in [0, 0.05) is 11.1 Å². The summed E-state index contributed by atoms with van der Waals surface area (Å²) in [6.07, 6.45) is 0.241. The summed E-state index contributed by atoms with van der Waals surface area (Å²) in [5.41, 5.74) is 1.58. The normalized spacial score (nSPS) is 12.6. The van der Waals surface area contributed by atoms with E-state index in [1.54, 1.807) is 25.1 Å². The molecule has 0 aliphatic rings. The average Bonchev–Trinajstić information content (AvgIpc) is 2.81. The Labute approximate surface area is 98.0 Å². The van der Waals surface area contributed by atoms with Gasteiger partial charge in [0.2, 0.25) is 5.89 Å². The number of oxazole rings is 1. The van der Waals surface area contributed by atoms with Gasteiger partial charge in [-0.1, -0.05) is 6.07 Å². The largest absolute Gasteiger partial charge is 0.508 e. The molecule has 1 aromatic heterocycles. The highest BCUT2D eigenvalue weighted by atomic mass is 16.3. The Bertz CT molecular complexity index is 521. The van der Waals surface area contributed by atoms with Crippen LogP contribution in [0.15, 0.2) is 28.9 Å². The summed E-state index contributed by atoms with van der Waals surface area (Å²) in [6, 6.07) is 5.02. The van der Waals surface area contributed by atoms with Gasteiger partial charge < -0.3 is 19.7 Å². The number of benzene rings is 1. The van der Waals surface area contributed by atoms with Crippen LogP contribution < -0.4 is 0 Å². The standard InChI is InChI=1S/C12H13NO4/c1-7-8(3-2-4-10(7)15)12-13-9(6-17-12)11(16)5-14/h2-4,6,11,14-16H,5H2,1H3/t11-/m0/s1. The van der Waals surface area contributed by atoms with Crippen molar-refractivity contribution >= 4 is 0 Å². The van der Waals surface area contributed by atoms with E-state index in [4.69, 9.17) is 9.52 Å². The highest BCUT2D eigenvalue weighted by Gasteiger charge is 2.15. The van der Waals surface area contributed by atoms with Crippen LogP contribution >= 0.6 is 0 Å². The lowest BCUT2D eigenvalue weighted by atomic mass is 10.1. The second-order valence-corrected chi connectivity index (χ2v) is 3.73. The molecule has 17 heavy (non-hydrogen) atoms. The highest BCUT2D eigenvalue weighted by molar-refractivity contribution is 5.62. The number of nitrogens with zero attached hydrogens (tertiary/aromatic N) is 1. The Hall–Kier alpha value is -1.85. The Morgan fingerprint density at radius 2 is 2.18 bits per heavy atom. The number of hydrogen-bond donors (Lipinski definition) is 3. The molecule has 0 fully saturated rings. The minimum Gasteiger partial charge on any atom is -0.508 e. The van der Waals surface area contributed by atoms with Crippen molar-refractivity contribution in [3.63, 3.8) is 0 Å². The van der Waals surface area contributed by atoms with Gasteiger partial charge in [-0.15, -0.1) is 0 Å². The molecule has 2 rings (SSSR count). The van der Waals surface area contributed by atoms with E-state index in [1.807, 2.05) is 0 Å². The van der Waals surface area contributed by atoms with Crippen molar-refractivity contribution in [3.05, 3.63) is 35.7 Å². The fourth-order valence-electron chi connectivity index (χ4n) is 1.51. The van der Waals surface area contributed by atoms with E-state index in [1.165, 1.54) is 6.26 Å². The van der Waals surface area contributed by atoms with Gasteiger partial charge in [0.25, 0.3) is 0 Å². The minimum atomic E-state index is -1.05. The van der Waals surface area contributed by atoms with E-state index in [9.17, 15) is 10.2 Å². The summed E-state index contributed by atoms with van der Waals surface area (Å²) in [4.78, 5) is 4.07. The summed E-state index contributed by atoms with van der Waals surface area (Å²) < 4.78 is 5.22. The zero-order valence-electron chi connectivity index (χ0n) is 9.29. The molecule has 0 unspecified atom stereocenters. The molecule has 0 radical (unpaired) electrons. The molecule has 5 heteroatoms. The smallest absolute Gasteiger partial charge is 0.226 e. The first kappa shape index (κ1) is 11.6. The summed E-state index contributed by atoms with van der Waals surface area (Å²) in [5, 5.41) is 27.8. The van der Waals surface area contributed by atoms with Gasteiger partial charge in [0.1, 0.15) is 23.8 Å². The molecule has 0 aliphatic heterocycles. The van der Waals surface area contributed by atoms with Gasteiger partial charge in [0.15, 0.2) is 0 Å². The predicted molar refractivity (Wildman–Crippen MR) is 60.4 cm³/mol. The van der Waals surface area contributed by atoms with Gasteiger partial charge in [-0.05, 0) is 19.1 Å². The van der Waals surface area contributed by atoms with Crippen LogP contribution in [-0.2, 0) is 0 Å². The first-order valence-electron chi connectivity index (χ1n) is 5.16. The third-order valence-corrected chi connectivity index (χ3v) is 2.57. The lowest BCUT2D eigenvalue weighted by Gasteiger charge is -2.03. The van der Waals surface area contributed by atoms with Crippen molar-refractivity contribution in [1.29, 1.82) is 0 Å². The maximum Gasteiger partial charge on any atom is 0.226 e. The van der Waals surface area contributed by atoms with Crippen LogP contribution in [-0.4, -0.2) is 26.9 Å². The van der Waals surface area contributed by atoms with E-state index < -0.39 is 12.7 Å². The van der Waals surface area contributed by atoms with E-state index in [0.717, 1.165) is 0 Å². The predicted octanol–water partition coefficient (Wildman–Crippen LogP) is 1.38.